The number of aromatic nitrogens is 1. The molecule has 5 heteroatoms. The highest BCUT2D eigenvalue weighted by Crippen LogP contribution is 2.36. The van der Waals surface area contributed by atoms with Crippen LogP contribution in [0.1, 0.15) is 18.5 Å². The Labute approximate surface area is 137 Å². The number of benzene rings is 2. The third-order valence-electron chi connectivity index (χ3n) is 4.47. The van der Waals surface area contributed by atoms with E-state index in [4.69, 9.17) is 4.74 Å². The molecule has 3 aromatic rings. The van der Waals surface area contributed by atoms with E-state index in [0.717, 1.165) is 17.2 Å². The van der Waals surface area contributed by atoms with Gasteiger partial charge in [0.2, 0.25) is 5.82 Å². The van der Waals surface area contributed by atoms with Gasteiger partial charge >= 0.3 is 0 Å². The van der Waals surface area contributed by atoms with Crippen LogP contribution in [-0.4, -0.2) is 11.2 Å². The quantitative estimate of drug-likeness (QED) is 0.670. The molecule has 1 aliphatic rings. The Morgan fingerprint density at radius 3 is 2.62 bits per heavy atom. The van der Waals surface area contributed by atoms with Gasteiger partial charge in [-0.3, -0.25) is 4.79 Å². The SMILES string of the molecule is Cc1ccc(-c2cn3c4c(c(F)c(F)cc4c2=O)OC[C@@H]3C)cc1. The number of hydrogen-bond donors (Lipinski definition) is 0. The van der Waals surface area contributed by atoms with E-state index in [9.17, 15) is 13.6 Å². The van der Waals surface area contributed by atoms with Crippen LogP contribution in [0.3, 0.4) is 0 Å². The maximum atomic E-state index is 14.1. The normalized spacial score (nSPS) is 16.2. The first kappa shape index (κ1) is 14.9. The van der Waals surface area contributed by atoms with Crippen molar-refractivity contribution in [3.8, 4) is 16.9 Å². The lowest BCUT2D eigenvalue weighted by Crippen LogP contribution is -2.25. The summed E-state index contributed by atoms with van der Waals surface area (Å²) in [6.07, 6.45) is 1.71. The fourth-order valence-electron chi connectivity index (χ4n) is 3.13. The molecule has 122 valence electrons. The number of aryl methyl sites for hydroxylation is 1. The summed E-state index contributed by atoms with van der Waals surface area (Å²) >= 11 is 0. The zero-order chi connectivity index (χ0) is 17.0. The summed E-state index contributed by atoms with van der Waals surface area (Å²) < 4.78 is 35.1. The van der Waals surface area contributed by atoms with Gasteiger partial charge in [0.25, 0.3) is 0 Å². The van der Waals surface area contributed by atoms with Crippen LogP contribution in [0.4, 0.5) is 8.78 Å². The minimum Gasteiger partial charge on any atom is -0.486 e. The van der Waals surface area contributed by atoms with Crippen molar-refractivity contribution in [2.45, 2.75) is 19.9 Å². The summed E-state index contributed by atoms with van der Waals surface area (Å²) in [5.74, 6) is -2.31. The van der Waals surface area contributed by atoms with E-state index in [2.05, 4.69) is 0 Å². The van der Waals surface area contributed by atoms with Gasteiger partial charge in [0.05, 0.1) is 16.9 Å². The van der Waals surface area contributed by atoms with E-state index < -0.39 is 11.6 Å². The van der Waals surface area contributed by atoms with Gasteiger partial charge in [0.1, 0.15) is 6.61 Å². The van der Waals surface area contributed by atoms with E-state index in [1.165, 1.54) is 0 Å². The molecule has 1 aliphatic heterocycles. The molecule has 0 saturated heterocycles. The topological polar surface area (TPSA) is 31.2 Å². The van der Waals surface area contributed by atoms with Gasteiger partial charge in [0.15, 0.2) is 17.0 Å². The molecule has 0 saturated carbocycles. The largest absolute Gasteiger partial charge is 0.486 e. The third kappa shape index (κ3) is 2.04. The van der Waals surface area contributed by atoms with Crippen LogP contribution in [0, 0.1) is 18.6 Å². The van der Waals surface area contributed by atoms with Crippen LogP contribution >= 0.6 is 0 Å². The number of hydrogen-bond acceptors (Lipinski definition) is 2. The molecule has 0 fully saturated rings. The Bertz CT molecular complexity index is 1020. The van der Waals surface area contributed by atoms with Gasteiger partial charge in [-0.2, -0.15) is 4.39 Å². The molecule has 0 aliphatic carbocycles. The number of nitrogens with zero attached hydrogens (tertiary/aromatic N) is 1. The first-order chi connectivity index (χ1) is 11.5. The summed E-state index contributed by atoms with van der Waals surface area (Å²) in [6, 6.07) is 8.42. The van der Waals surface area contributed by atoms with E-state index in [-0.39, 0.29) is 29.2 Å². The predicted molar refractivity (Wildman–Crippen MR) is 88.5 cm³/mol. The lowest BCUT2D eigenvalue weighted by molar-refractivity contribution is 0.233. The molecule has 4 rings (SSSR count). The lowest BCUT2D eigenvalue weighted by Gasteiger charge is -2.27. The summed E-state index contributed by atoms with van der Waals surface area (Å²) in [6.45, 7) is 4.09. The summed E-state index contributed by atoms with van der Waals surface area (Å²) in [5, 5.41) is 0.133. The molecule has 0 radical (unpaired) electrons. The molecule has 0 spiro atoms. The van der Waals surface area contributed by atoms with Crippen LogP contribution in [0.25, 0.3) is 22.0 Å². The predicted octanol–water partition coefficient (Wildman–Crippen LogP) is 4.21. The van der Waals surface area contributed by atoms with Crippen LogP contribution in [0.2, 0.25) is 0 Å². The van der Waals surface area contributed by atoms with Crippen molar-refractivity contribution in [2.24, 2.45) is 0 Å². The van der Waals surface area contributed by atoms with Crippen LogP contribution < -0.4 is 10.2 Å². The van der Waals surface area contributed by atoms with Gasteiger partial charge in [-0.05, 0) is 25.5 Å². The number of rotatable bonds is 1. The average Bonchev–Trinajstić information content (AvgIpc) is 2.57. The maximum Gasteiger partial charge on any atom is 0.202 e. The Hall–Kier alpha value is -2.69. The van der Waals surface area contributed by atoms with E-state index in [1.54, 1.807) is 10.8 Å². The number of halogens is 2. The summed E-state index contributed by atoms with van der Waals surface area (Å²) in [7, 11) is 0. The summed E-state index contributed by atoms with van der Waals surface area (Å²) in [5.41, 5.74) is 2.28. The zero-order valence-corrected chi connectivity index (χ0v) is 13.3. The van der Waals surface area contributed by atoms with Crippen molar-refractivity contribution in [3.05, 3.63) is 63.9 Å². The molecule has 0 N–H and O–H groups in total. The van der Waals surface area contributed by atoms with Gasteiger partial charge in [0, 0.05) is 11.8 Å². The first-order valence-electron chi connectivity index (χ1n) is 7.74. The molecular formula is C19H15F2NO2. The second-order valence-electron chi connectivity index (χ2n) is 6.20. The maximum absolute atomic E-state index is 14.1. The Balaban J connectivity index is 2.12. The molecular weight excluding hydrogens is 312 g/mol. The highest BCUT2D eigenvalue weighted by molar-refractivity contribution is 5.89. The highest BCUT2D eigenvalue weighted by Gasteiger charge is 2.26. The standard InChI is InChI=1S/C19H15F2NO2/c1-10-3-5-12(6-4-10)14-8-22-11(2)9-24-19-16(21)15(20)7-13(17(19)22)18(14)23/h3-8,11H,9H2,1-2H3/t11-/m0/s1. The Kier molecular flexibility index (Phi) is 3.20. The smallest absolute Gasteiger partial charge is 0.202 e. The van der Waals surface area contributed by atoms with E-state index in [0.29, 0.717) is 11.1 Å². The molecule has 3 nitrogen and oxygen atoms in total. The number of pyridine rings is 1. The molecule has 0 bridgehead atoms. The minimum atomic E-state index is -1.07. The van der Waals surface area contributed by atoms with Crippen molar-refractivity contribution in [1.82, 2.24) is 4.57 Å². The molecule has 2 aromatic carbocycles. The zero-order valence-electron chi connectivity index (χ0n) is 13.3. The molecule has 24 heavy (non-hydrogen) atoms. The van der Waals surface area contributed by atoms with E-state index >= 15 is 0 Å². The van der Waals surface area contributed by atoms with Crippen molar-refractivity contribution in [3.63, 3.8) is 0 Å². The molecule has 1 aromatic heterocycles. The fraction of sp³-hybridized carbons (Fsp3) is 0.211. The van der Waals surface area contributed by atoms with Crippen molar-refractivity contribution < 1.29 is 13.5 Å². The van der Waals surface area contributed by atoms with Crippen molar-refractivity contribution in [1.29, 1.82) is 0 Å². The summed E-state index contributed by atoms with van der Waals surface area (Å²) in [4.78, 5) is 12.9. The van der Waals surface area contributed by atoms with E-state index in [1.807, 2.05) is 38.1 Å². The van der Waals surface area contributed by atoms with Crippen LogP contribution in [-0.2, 0) is 0 Å². The Morgan fingerprint density at radius 2 is 1.92 bits per heavy atom. The lowest BCUT2D eigenvalue weighted by atomic mass is 10.0. The second-order valence-corrected chi connectivity index (χ2v) is 6.20. The van der Waals surface area contributed by atoms with Crippen LogP contribution in [0.15, 0.2) is 41.3 Å². The Morgan fingerprint density at radius 1 is 1.21 bits per heavy atom. The minimum absolute atomic E-state index is 0.0883. The first-order valence-corrected chi connectivity index (χ1v) is 7.74. The van der Waals surface area contributed by atoms with Gasteiger partial charge in [-0.1, -0.05) is 29.8 Å². The van der Waals surface area contributed by atoms with Gasteiger partial charge in [-0.15, -0.1) is 0 Å². The fourth-order valence-corrected chi connectivity index (χ4v) is 3.13. The van der Waals surface area contributed by atoms with Gasteiger partial charge < -0.3 is 9.30 Å². The van der Waals surface area contributed by atoms with Crippen molar-refractivity contribution in [2.75, 3.05) is 6.61 Å². The number of ether oxygens (including phenoxy) is 1. The molecule has 1 atom stereocenters. The van der Waals surface area contributed by atoms with Crippen molar-refractivity contribution >= 4 is 10.9 Å². The molecule has 0 amide bonds. The average molecular weight is 327 g/mol. The third-order valence-corrected chi connectivity index (χ3v) is 4.47. The second kappa shape index (κ2) is 5.16. The highest BCUT2D eigenvalue weighted by atomic mass is 19.2. The molecule has 0 unspecified atom stereocenters. The van der Waals surface area contributed by atoms with Crippen LogP contribution in [0.5, 0.6) is 5.75 Å². The van der Waals surface area contributed by atoms with Gasteiger partial charge in [-0.25, -0.2) is 4.39 Å². The molecule has 2 heterocycles. The monoisotopic (exact) mass is 327 g/mol.